The van der Waals surface area contributed by atoms with E-state index in [1.807, 2.05) is 0 Å². The summed E-state index contributed by atoms with van der Waals surface area (Å²) in [4.78, 5) is 30.8. The van der Waals surface area contributed by atoms with Crippen molar-refractivity contribution in [3.63, 3.8) is 0 Å². The number of imidazole rings is 1. The Balaban J connectivity index is 1.31. The highest BCUT2D eigenvalue weighted by molar-refractivity contribution is 5.93. The number of fused-ring (bicyclic) bond motifs is 1. The number of aromatic nitrogens is 6. The third-order valence-electron chi connectivity index (χ3n) is 8.61. The number of carbonyl (C=O) groups excluding carboxylic acids is 2. The van der Waals surface area contributed by atoms with Crippen LogP contribution in [0.4, 0.5) is 22.0 Å². The highest BCUT2D eigenvalue weighted by Crippen LogP contribution is 2.43. The van der Waals surface area contributed by atoms with Crippen molar-refractivity contribution in [1.82, 2.24) is 40.7 Å². The third-order valence-corrected chi connectivity index (χ3v) is 8.61. The Morgan fingerprint density at radius 1 is 1.16 bits per heavy atom. The van der Waals surface area contributed by atoms with Gasteiger partial charge < -0.3 is 15.2 Å². The number of nitrogens with zero attached hydrogens (tertiary/aromatic N) is 6. The van der Waals surface area contributed by atoms with Gasteiger partial charge in [-0.2, -0.15) is 18.3 Å². The molecule has 1 saturated heterocycles. The molecule has 12 nitrogen and oxygen atoms in total. The molecule has 0 aromatic carbocycles. The van der Waals surface area contributed by atoms with Crippen molar-refractivity contribution in [3.05, 3.63) is 58.6 Å². The van der Waals surface area contributed by atoms with Crippen LogP contribution in [0.2, 0.25) is 0 Å². The molecule has 3 atom stereocenters. The van der Waals surface area contributed by atoms with Gasteiger partial charge in [0.1, 0.15) is 17.5 Å². The number of alkyl halides is 5. The SMILES string of the molecule is Cc1cc(C[C@]2(Cc3cnn4cc([C@@H](NC(=O)c5nonc5C)C5CCC(F)(F)CC5)nc4c3)C[C@@H](C(F)(F)F)NC2=O)on1. The number of aryl methyl sites for hydroxylation is 2. The summed E-state index contributed by atoms with van der Waals surface area (Å²) in [5, 5.41) is 20.3. The number of rotatable bonds is 8. The average Bonchev–Trinajstić information content (AvgIpc) is 3.75. The van der Waals surface area contributed by atoms with Crippen molar-refractivity contribution < 1.29 is 40.7 Å². The van der Waals surface area contributed by atoms with Crippen LogP contribution in [0.1, 0.15) is 77.0 Å². The van der Waals surface area contributed by atoms with Gasteiger partial charge in [0.2, 0.25) is 11.8 Å². The molecule has 5 heterocycles. The summed E-state index contributed by atoms with van der Waals surface area (Å²) >= 11 is 0. The van der Waals surface area contributed by atoms with Gasteiger partial charge in [-0.25, -0.2) is 22.9 Å². The van der Waals surface area contributed by atoms with Crippen molar-refractivity contribution in [2.75, 3.05) is 0 Å². The van der Waals surface area contributed by atoms with Crippen molar-refractivity contribution in [3.8, 4) is 0 Å². The molecule has 45 heavy (non-hydrogen) atoms. The molecule has 2 N–H and O–H groups in total. The number of amides is 2. The molecule has 2 amide bonds. The van der Waals surface area contributed by atoms with E-state index in [9.17, 15) is 31.5 Å². The van der Waals surface area contributed by atoms with Crippen LogP contribution in [0, 0.1) is 25.2 Å². The van der Waals surface area contributed by atoms with E-state index in [-0.39, 0.29) is 61.6 Å². The van der Waals surface area contributed by atoms with E-state index >= 15 is 0 Å². The van der Waals surface area contributed by atoms with Crippen LogP contribution in [0.5, 0.6) is 0 Å². The molecule has 2 aliphatic rings. The monoisotopic (exact) mass is 636 g/mol. The maximum absolute atomic E-state index is 14.0. The summed E-state index contributed by atoms with van der Waals surface area (Å²) in [6, 6.07) is 0.353. The van der Waals surface area contributed by atoms with Gasteiger partial charge in [-0.05, 0) is 62.2 Å². The van der Waals surface area contributed by atoms with E-state index in [0.717, 1.165) is 0 Å². The summed E-state index contributed by atoms with van der Waals surface area (Å²) < 4.78 is 80.4. The van der Waals surface area contributed by atoms with Gasteiger partial charge in [0.25, 0.3) is 5.91 Å². The van der Waals surface area contributed by atoms with E-state index in [1.165, 1.54) is 17.6 Å². The summed E-state index contributed by atoms with van der Waals surface area (Å²) in [7, 11) is 0. The lowest BCUT2D eigenvalue weighted by atomic mass is 9.75. The zero-order valence-corrected chi connectivity index (χ0v) is 24.2. The number of hydrogen-bond acceptors (Lipinski definition) is 9. The predicted molar refractivity (Wildman–Crippen MR) is 143 cm³/mol. The van der Waals surface area contributed by atoms with Crippen LogP contribution in [0.3, 0.4) is 0 Å². The lowest BCUT2D eigenvalue weighted by Gasteiger charge is -2.33. The highest BCUT2D eigenvalue weighted by atomic mass is 19.4. The minimum absolute atomic E-state index is 0.0513. The molecule has 6 rings (SSSR count). The summed E-state index contributed by atoms with van der Waals surface area (Å²) in [5.74, 6) is -4.29. The Morgan fingerprint density at radius 3 is 2.53 bits per heavy atom. The lowest BCUT2D eigenvalue weighted by molar-refractivity contribution is -0.155. The maximum atomic E-state index is 14.0. The minimum Gasteiger partial charge on any atom is -0.361 e. The quantitative estimate of drug-likeness (QED) is 0.271. The van der Waals surface area contributed by atoms with Crippen LogP contribution in [-0.2, 0) is 17.6 Å². The Morgan fingerprint density at radius 2 is 1.91 bits per heavy atom. The number of carbonyl (C=O) groups is 2. The van der Waals surface area contributed by atoms with E-state index in [0.29, 0.717) is 22.6 Å². The van der Waals surface area contributed by atoms with Crippen molar-refractivity contribution in [2.45, 2.75) is 83.0 Å². The van der Waals surface area contributed by atoms with Gasteiger partial charge in [-0.1, -0.05) is 10.3 Å². The zero-order valence-electron chi connectivity index (χ0n) is 24.2. The fourth-order valence-electron chi connectivity index (χ4n) is 6.29. The first-order valence-corrected chi connectivity index (χ1v) is 14.3. The second-order valence-electron chi connectivity index (χ2n) is 12.0. The van der Waals surface area contributed by atoms with Crippen LogP contribution in [0.15, 0.2) is 33.7 Å². The average molecular weight is 637 g/mol. The van der Waals surface area contributed by atoms with E-state index in [1.54, 1.807) is 25.3 Å². The summed E-state index contributed by atoms with van der Waals surface area (Å²) in [6.07, 6.45) is -2.84. The first-order chi connectivity index (χ1) is 21.2. The highest BCUT2D eigenvalue weighted by Gasteiger charge is 2.56. The minimum atomic E-state index is -4.64. The van der Waals surface area contributed by atoms with Crippen LogP contribution >= 0.6 is 0 Å². The smallest absolute Gasteiger partial charge is 0.361 e. The van der Waals surface area contributed by atoms with Gasteiger partial charge >= 0.3 is 6.18 Å². The Kier molecular flexibility index (Phi) is 7.59. The summed E-state index contributed by atoms with van der Waals surface area (Å²) in [5.41, 5.74) is 0.298. The number of hydrogen-bond donors (Lipinski definition) is 2. The molecule has 0 unspecified atom stereocenters. The van der Waals surface area contributed by atoms with Gasteiger partial charge in [0.05, 0.1) is 35.2 Å². The van der Waals surface area contributed by atoms with Crippen LogP contribution in [-0.4, -0.2) is 60.0 Å². The largest absolute Gasteiger partial charge is 0.408 e. The normalized spacial score (nSPS) is 22.9. The van der Waals surface area contributed by atoms with Gasteiger partial charge in [0.15, 0.2) is 11.3 Å². The Hall–Kier alpha value is -4.44. The molecular formula is C28H29F5N8O4. The van der Waals surface area contributed by atoms with Gasteiger partial charge in [-0.15, -0.1) is 0 Å². The fraction of sp³-hybridized carbons (Fsp3) is 0.536. The van der Waals surface area contributed by atoms with Gasteiger partial charge in [-0.3, -0.25) is 9.59 Å². The van der Waals surface area contributed by atoms with Crippen molar-refractivity contribution in [2.24, 2.45) is 11.3 Å². The van der Waals surface area contributed by atoms with Crippen molar-refractivity contribution >= 4 is 17.5 Å². The third kappa shape index (κ3) is 6.24. The molecule has 0 spiro atoms. The molecule has 17 heteroatoms. The zero-order chi connectivity index (χ0) is 32.1. The molecule has 1 saturated carbocycles. The molecule has 0 radical (unpaired) electrons. The van der Waals surface area contributed by atoms with Crippen molar-refractivity contribution in [1.29, 1.82) is 0 Å². The Labute approximate surface area is 252 Å². The predicted octanol–water partition coefficient (Wildman–Crippen LogP) is 4.24. The van der Waals surface area contributed by atoms with Gasteiger partial charge in [0, 0.05) is 25.3 Å². The molecule has 1 aliphatic heterocycles. The standard InChI is InChI=1S/C28H29F5N8O4/c1-14-7-18(44-38-14)10-26(11-20(28(31,32)33)36-25(26)43)9-16-8-21-35-19(13-41(21)34-12-16)23(17-3-5-27(29,30)6-4-17)37-24(42)22-15(2)39-45-40-22/h7-8,12-13,17,20,23H,3-6,9-11H2,1-2H3,(H,36,43)(H,37,42)/t20-,23-,26+/m0/s1. The first-order valence-electron chi connectivity index (χ1n) is 14.3. The molecule has 2 fully saturated rings. The lowest BCUT2D eigenvalue weighted by Crippen LogP contribution is -2.39. The first kappa shape index (κ1) is 30.6. The van der Waals surface area contributed by atoms with Crippen LogP contribution < -0.4 is 10.6 Å². The molecule has 4 aromatic rings. The summed E-state index contributed by atoms with van der Waals surface area (Å²) in [6.45, 7) is 3.20. The molecule has 4 aromatic heterocycles. The molecule has 240 valence electrons. The maximum Gasteiger partial charge on any atom is 0.408 e. The Bertz CT molecular complexity index is 1720. The number of nitrogens with one attached hydrogen (secondary N) is 2. The van der Waals surface area contributed by atoms with E-state index in [2.05, 4.69) is 40.8 Å². The molecule has 1 aliphatic carbocycles. The topological polar surface area (TPSA) is 153 Å². The second kappa shape index (κ2) is 11.2. The number of halogens is 5. The van der Waals surface area contributed by atoms with E-state index < -0.39 is 47.8 Å². The molecule has 0 bridgehead atoms. The fourth-order valence-corrected chi connectivity index (χ4v) is 6.29. The van der Waals surface area contributed by atoms with Crippen LogP contribution in [0.25, 0.3) is 5.65 Å². The second-order valence-corrected chi connectivity index (χ2v) is 12.0. The van der Waals surface area contributed by atoms with E-state index in [4.69, 9.17) is 4.52 Å². The molecular weight excluding hydrogens is 607 g/mol.